The largest absolute Gasteiger partial charge is 0.496 e. The second-order valence-corrected chi connectivity index (χ2v) is 19.5. The number of methoxy groups -OCH3 is 2. The van der Waals surface area contributed by atoms with E-state index in [0.717, 1.165) is 56.3 Å². The van der Waals surface area contributed by atoms with Crippen LogP contribution in [-0.4, -0.2) is 132 Å². The molecule has 0 saturated carbocycles. The third-order valence-corrected chi connectivity index (χ3v) is 11.0. The lowest BCUT2D eigenvalue weighted by Gasteiger charge is -2.35. The molecule has 0 spiro atoms. The minimum Gasteiger partial charge on any atom is -0.496 e. The second kappa shape index (κ2) is 20.4. The molecule has 1 fully saturated rings. The second-order valence-electron chi connectivity index (χ2n) is 19.5. The molecule has 2 heterocycles. The van der Waals surface area contributed by atoms with Crippen LogP contribution < -0.4 is 14.0 Å². The molecule has 3 amide bonds. The maximum atomic E-state index is 13.6. The van der Waals surface area contributed by atoms with E-state index in [-0.39, 0.29) is 26.2 Å². The number of nitrogens with zero attached hydrogens (tertiary/aromatic N) is 6. The van der Waals surface area contributed by atoms with Crippen LogP contribution in [0.15, 0.2) is 85.5 Å². The molecule has 65 heavy (non-hydrogen) atoms. The van der Waals surface area contributed by atoms with Gasteiger partial charge in [-0.3, -0.25) is 4.90 Å². The van der Waals surface area contributed by atoms with E-state index in [1.807, 2.05) is 86.7 Å². The molecule has 1 aromatic heterocycles. The van der Waals surface area contributed by atoms with Gasteiger partial charge in [-0.2, -0.15) is 4.57 Å². The van der Waals surface area contributed by atoms with Crippen molar-refractivity contribution in [2.45, 2.75) is 92.1 Å². The lowest BCUT2D eigenvalue weighted by molar-refractivity contribution is -0.696. The van der Waals surface area contributed by atoms with Crippen molar-refractivity contribution in [3.05, 3.63) is 85.5 Å². The van der Waals surface area contributed by atoms with Crippen molar-refractivity contribution >= 4 is 39.8 Å². The van der Waals surface area contributed by atoms with Crippen molar-refractivity contribution < 1.29 is 42.6 Å². The highest BCUT2D eigenvalue weighted by atomic mass is 16.6. The Kier molecular flexibility index (Phi) is 15.2. The summed E-state index contributed by atoms with van der Waals surface area (Å²) >= 11 is 0. The summed E-state index contributed by atoms with van der Waals surface area (Å²) in [5.74, 6) is 1.50. The van der Waals surface area contributed by atoms with Crippen molar-refractivity contribution in [3.63, 3.8) is 0 Å². The Balaban J connectivity index is 1.25. The van der Waals surface area contributed by atoms with Gasteiger partial charge in [-0.15, -0.1) is 0 Å². The molecule has 0 radical (unpaired) electrons. The maximum Gasteiger partial charge on any atom is 0.410 e. The van der Waals surface area contributed by atoms with Crippen LogP contribution in [0.5, 0.6) is 11.5 Å². The van der Waals surface area contributed by atoms with E-state index in [1.54, 1.807) is 28.9 Å². The average Bonchev–Trinajstić information content (AvgIpc) is 3.70. The number of carbonyl (C=O) groups excluding carboxylic acids is 3. The summed E-state index contributed by atoms with van der Waals surface area (Å²) in [5, 5.41) is 4.31. The number of aryl methyl sites for hydroxylation is 1. The topological polar surface area (TPSA) is 119 Å². The summed E-state index contributed by atoms with van der Waals surface area (Å²) in [4.78, 5) is 47.8. The summed E-state index contributed by atoms with van der Waals surface area (Å²) in [7, 11) is 3.42. The number of amides is 3. The average molecular weight is 894 g/mol. The molecule has 1 aliphatic rings. The van der Waals surface area contributed by atoms with Gasteiger partial charge in [0.05, 0.1) is 20.8 Å². The van der Waals surface area contributed by atoms with E-state index in [2.05, 4.69) is 75.1 Å². The van der Waals surface area contributed by atoms with E-state index in [4.69, 9.17) is 23.7 Å². The van der Waals surface area contributed by atoms with Gasteiger partial charge in [-0.25, -0.2) is 19.0 Å². The van der Waals surface area contributed by atoms with Gasteiger partial charge in [0.2, 0.25) is 6.33 Å². The molecule has 0 N–H and O–H groups in total. The van der Waals surface area contributed by atoms with Crippen LogP contribution in [0, 0.1) is 0 Å². The van der Waals surface area contributed by atoms with E-state index < -0.39 is 35.1 Å². The van der Waals surface area contributed by atoms with Crippen LogP contribution in [0.4, 0.5) is 14.4 Å². The van der Waals surface area contributed by atoms with Gasteiger partial charge < -0.3 is 38.4 Å². The molecule has 350 valence electrons. The first-order chi connectivity index (χ1) is 30.7. The predicted molar refractivity (Wildman–Crippen MR) is 254 cm³/mol. The number of fused-ring (bicyclic) bond motifs is 2. The van der Waals surface area contributed by atoms with Gasteiger partial charge in [0.15, 0.2) is 11.4 Å². The van der Waals surface area contributed by atoms with E-state index in [9.17, 15) is 14.4 Å². The number of ether oxygens (including phenoxy) is 5. The lowest BCUT2D eigenvalue weighted by Crippen LogP contribution is -2.51. The number of carbonyl (C=O) groups is 3. The van der Waals surface area contributed by atoms with Crippen LogP contribution in [0.1, 0.15) is 68.7 Å². The first kappa shape index (κ1) is 48.4. The van der Waals surface area contributed by atoms with Crippen molar-refractivity contribution in [1.29, 1.82) is 0 Å². The van der Waals surface area contributed by atoms with E-state index in [1.165, 1.54) is 0 Å². The summed E-state index contributed by atoms with van der Waals surface area (Å²) in [6, 6.07) is 22.9. The van der Waals surface area contributed by atoms with Gasteiger partial charge in [0, 0.05) is 70.0 Å². The molecule has 1 aliphatic heterocycles. The minimum atomic E-state index is -0.725. The molecular weight excluding hydrogens is 825 g/mol. The van der Waals surface area contributed by atoms with Crippen molar-refractivity contribution in [3.8, 4) is 28.3 Å². The van der Waals surface area contributed by atoms with Crippen LogP contribution in [-0.2, 0) is 20.8 Å². The Hall–Kier alpha value is -6.02. The van der Waals surface area contributed by atoms with Crippen molar-refractivity contribution in [2.24, 2.45) is 0 Å². The standard InChI is InChI=1S/C51H69N6O8/c1-49(2,3)63-46(58)54-28-25-52(26-29-55(47(59)64-50(4,5)6)32-34-56(33-31-54)48(60)65-51(7,8)9)23-16-24-53-27-30-57(36-53)41-35-38-18-13-15-20-40(38)44(45(41)62-11)43-39-19-14-12-17-37(39)21-22-42(43)61-10/h12-15,17-22,27,30,35-36H,16,23-26,28-29,31-34H2,1-11H3/q+1. The molecule has 5 aromatic rings. The molecule has 4 aromatic carbocycles. The first-order valence-electron chi connectivity index (χ1n) is 22.6. The van der Waals surface area contributed by atoms with Gasteiger partial charge in [-0.1, -0.05) is 54.6 Å². The predicted octanol–water partition coefficient (Wildman–Crippen LogP) is 9.17. The third kappa shape index (κ3) is 12.8. The zero-order chi connectivity index (χ0) is 47.1. The van der Waals surface area contributed by atoms with Crippen LogP contribution >= 0.6 is 0 Å². The molecule has 14 nitrogen and oxygen atoms in total. The first-order valence-corrected chi connectivity index (χ1v) is 22.6. The Morgan fingerprint density at radius 1 is 0.585 bits per heavy atom. The van der Waals surface area contributed by atoms with Gasteiger partial charge in [-0.05, 0) is 102 Å². The highest BCUT2D eigenvalue weighted by Crippen LogP contribution is 2.47. The van der Waals surface area contributed by atoms with Crippen molar-refractivity contribution in [2.75, 3.05) is 73.1 Å². The van der Waals surface area contributed by atoms with Gasteiger partial charge in [0.1, 0.15) is 34.9 Å². The molecule has 0 bridgehead atoms. The number of rotatable bonds is 8. The highest BCUT2D eigenvalue weighted by molar-refractivity contribution is 6.11. The number of imidazole rings is 1. The molecule has 0 unspecified atom stereocenters. The number of hydrogen-bond acceptors (Lipinski definition) is 9. The molecule has 6 rings (SSSR count). The van der Waals surface area contributed by atoms with Crippen molar-refractivity contribution in [1.82, 2.24) is 24.2 Å². The zero-order valence-corrected chi connectivity index (χ0v) is 40.3. The quantitative estimate of drug-likeness (QED) is 0.111. The fourth-order valence-electron chi connectivity index (χ4n) is 7.99. The summed E-state index contributed by atoms with van der Waals surface area (Å²) in [6.07, 6.45) is 5.57. The molecule has 1 saturated heterocycles. The monoisotopic (exact) mass is 894 g/mol. The van der Waals surface area contributed by atoms with Crippen LogP contribution in [0.25, 0.3) is 38.4 Å². The fourth-order valence-corrected chi connectivity index (χ4v) is 7.99. The Bertz CT molecular complexity index is 2400. The Morgan fingerprint density at radius 2 is 1.06 bits per heavy atom. The minimum absolute atomic E-state index is 0.197. The SMILES string of the molecule is COc1ccc2ccccc2c1-c1c(OC)c(-n2cc[n+](CCCN3CCN(C(=O)OC(C)(C)C)CCN(C(=O)OC(C)(C)C)CCN(C(=O)OC(C)(C)C)CC3)c2)cc2ccccc12. The summed E-state index contributed by atoms with van der Waals surface area (Å²) in [5.41, 5.74) is 0.706. The van der Waals surface area contributed by atoms with Crippen LogP contribution in [0.2, 0.25) is 0 Å². The Morgan fingerprint density at radius 3 is 1.55 bits per heavy atom. The third-order valence-electron chi connectivity index (χ3n) is 11.0. The van der Waals surface area contributed by atoms with Gasteiger partial charge >= 0.3 is 18.3 Å². The zero-order valence-electron chi connectivity index (χ0n) is 40.3. The molecular formula is C51H69N6O8+. The molecule has 0 aliphatic carbocycles. The molecule has 0 atom stereocenters. The molecule has 14 heteroatoms. The smallest absolute Gasteiger partial charge is 0.410 e. The van der Waals surface area contributed by atoms with E-state index >= 15 is 0 Å². The van der Waals surface area contributed by atoms with Gasteiger partial charge in [0.25, 0.3) is 0 Å². The highest BCUT2D eigenvalue weighted by Gasteiger charge is 2.30. The lowest BCUT2D eigenvalue weighted by atomic mass is 9.91. The summed E-state index contributed by atoms with van der Waals surface area (Å²) in [6.45, 7) is 20.5. The summed E-state index contributed by atoms with van der Waals surface area (Å²) < 4.78 is 34.0. The van der Waals surface area contributed by atoms with E-state index in [0.29, 0.717) is 39.3 Å². The number of hydrogen-bond donors (Lipinski definition) is 0. The van der Waals surface area contributed by atoms with Crippen LogP contribution in [0.3, 0.4) is 0 Å². The number of benzene rings is 4. The number of aromatic nitrogens is 2. The normalized spacial score (nSPS) is 15.0. The maximum absolute atomic E-state index is 13.6. The fraction of sp³-hybridized carbons (Fsp3) is 0.490. The Labute approximate surface area is 384 Å².